The van der Waals surface area contributed by atoms with Gasteiger partial charge in [0.25, 0.3) is 0 Å². The number of ketones is 1. The lowest BCUT2D eigenvalue weighted by Crippen LogP contribution is -2.03. The molecular formula is C16H19NO2S. The fourth-order valence-corrected chi connectivity index (χ4v) is 2.57. The Morgan fingerprint density at radius 1 is 1.30 bits per heavy atom. The van der Waals surface area contributed by atoms with E-state index in [2.05, 4.69) is 11.9 Å². The SMILES string of the molecule is CCCCOc1ccc(C(=O)Cc2nc(C)cs2)cc1. The summed E-state index contributed by atoms with van der Waals surface area (Å²) in [6.07, 6.45) is 2.53. The van der Waals surface area contributed by atoms with Gasteiger partial charge in [-0.25, -0.2) is 4.98 Å². The molecule has 0 radical (unpaired) electrons. The van der Waals surface area contributed by atoms with Gasteiger partial charge in [-0.2, -0.15) is 0 Å². The molecule has 106 valence electrons. The largest absolute Gasteiger partial charge is 0.494 e. The summed E-state index contributed by atoms with van der Waals surface area (Å²) in [6.45, 7) is 4.79. The first-order valence-electron chi connectivity index (χ1n) is 6.86. The summed E-state index contributed by atoms with van der Waals surface area (Å²) in [6, 6.07) is 7.36. The summed E-state index contributed by atoms with van der Waals surface area (Å²) in [7, 11) is 0. The fraction of sp³-hybridized carbons (Fsp3) is 0.375. The predicted octanol–water partition coefficient (Wildman–Crippen LogP) is 4.06. The number of carbonyl (C=O) groups is 1. The molecule has 0 bridgehead atoms. The van der Waals surface area contributed by atoms with Crippen LogP contribution in [0, 0.1) is 6.92 Å². The van der Waals surface area contributed by atoms with Gasteiger partial charge in [-0.1, -0.05) is 13.3 Å². The van der Waals surface area contributed by atoms with Gasteiger partial charge in [0.05, 0.1) is 13.0 Å². The van der Waals surface area contributed by atoms with Crippen LogP contribution >= 0.6 is 11.3 Å². The molecule has 1 aromatic carbocycles. The topological polar surface area (TPSA) is 39.2 Å². The van der Waals surface area contributed by atoms with Crippen molar-refractivity contribution in [1.29, 1.82) is 0 Å². The molecule has 0 spiro atoms. The van der Waals surface area contributed by atoms with E-state index < -0.39 is 0 Å². The number of thiazole rings is 1. The molecule has 0 aliphatic heterocycles. The molecule has 0 atom stereocenters. The van der Waals surface area contributed by atoms with E-state index in [0.29, 0.717) is 12.0 Å². The van der Waals surface area contributed by atoms with E-state index in [4.69, 9.17) is 4.74 Å². The number of aryl methyl sites for hydroxylation is 1. The van der Waals surface area contributed by atoms with Crippen LogP contribution in [0.3, 0.4) is 0 Å². The van der Waals surface area contributed by atoms with E-state index in [0.717, 1.165) is 35.9 Å². The van der Waals surface area contributed by atoms with Gasteiger partial charge in [-0.3, -0.25) is 4.79 Å². The third kappa shape index (κ3) is 4.17. The minimum Gasteiger partial charge on any atom is -0.494 e. The van der Waals surface area contributed by atoms with Crippen molar-refractivity contribution in [2.75, 3.05) is 6.61 Å². The van der Waals surface area contributed by atoms with Crippen molar-refractivity contribution in [3.63, 3.8) is 0 Å². The van der Waals surface area contributed by atoms with Gasteiger partial charge in [0.15, 0.2) is 5.78 Å². The highest BCUT2D eigenvalue weighted by Crippen LogP contribution is 2.16. The van der Waals surface area contributed by atoms with Crippen molar-refractivity contribution in [1.82, 2.24) is 4.98 Å². The number of carbonyl (C=O) groups excluding carboxylic acids is 1. The van der Waals surface area contributed by atoms with Crippen molar-refractivity contribution in [2.24, 2.45) is 0 Å². The van der Waals surface area contributed by atoms with Gasteiger partial charge in [-0.05, 0) is 37.6 Å². The minimum absolute atomic E-state index is 0.0967. The Bertz CT molecular complexity index is 560. The third-order valence-electron chi connectivity index (χ3n) is 2.92. The van der Waals surface area contributed by atoms with E-state index in [1.54, 1.807) is 0 Å². The molecule has 0 amide bonds. The third-order valence-corrected chi connectivity index (χ3v) is 3.89. The van der Waals surface area contributed by atoms with Crippen molar-refractivity contribution >= 4 is 17.1 Å². The Hall–Kier alpha value is -1.68. The summed E-state index contributed by atoms with van der Waals surface area (Å²) in [5, 5.41) is 2.84. The first kappa shape index (κ1) is 14.7. The number of hydrogen-bond donors (Lipinski definition) is 0. The van der Waals surface area contributed by atoms with E-state index in [1.165, 1.54) is 11.3 Å². The van der Waals surface area contributed by atoms with E-state index in [9.17, 15) is 4.79 Å². The maximum absolute atomic E-state index is 12.1. The average Bonchev–Trinajstić information content (AvgIpc) is 2.85. The monoisotopic (exact) mass is 289 g/mol. The molecule has 2 aromatic rings. The lowest BCUT2D eigenvalue weighted by Gasteiger charge is -2.05. The van der Waals surface area contributed by atoms with Crippen LogP contribution in [0.2, 0.25) is 0 Å². The zero-order chi connectivity index (χ0) is 14.4. The second-order valence-corrected chi connectivity index (χ2v) is 5.65. The maximum atomic E-state index is 12.1. The number of hydrogen-bond acceptors (Lipinski definition) is 4. The average molecular weight is 289 g/mol. The lowest BCUT2D eigenvalue weighted by molar-refractivity contribution is 0.0993. The number of rotatable bonds is 7. The van der Waals surface area contributed by atoms with Crippen LogP contribution in [0.15, 0.2) is 29.6 Å². The molecule has 0 aliphatic rings. The van der Waals surface area contributed by atoms with Gasteiger partial charge >= 0.3 is 0 Å². The molecule has 20 heavy (non-hydrogen) atoms. The highest BCUT2D eigenvalue weighted by atomic mass is 32.1. The molecule has 4 heteroatoms. The van der Waals surface area contributed by atoms with Gasteiger partial charge in [-0.15, -0.1) is 11.3 Å². The minimum atomic E-state index is 0.0967. The molecule has 0 unspecified atom stereocenters. The molecule has 3 nitrogen and oxygen atoms in total. The number of benzene rings is 1. The smallest absolute Gasteiger partial charge is 0.169 e. The second-order valence-electron chi connectivity index (χ2n) is 4.71. The molecule has 0 fully saturated rings. The Morgan fingerprint density at radius 2 is 2.05 bits per heavy atom. The van der Waals surface area contributed by atoms with Crippen LogP contribution < -0.4 is 4.74 Å². The number of aromatic nitrogens is 1. The molecule has 0 aliphatic carbocycles. The standard InChI is InChI=1S/C16H19NO2S/c1-3-4-9-19-14-7-5-13(6-8-14)15(18)10-16-17-12(2)11-20-16/h5-8,11H,3-4,9-10H2,1-2H3. The number of ether oxygens (including phenoxy) is 1. The zero-order valence-electron chi connectivity index (χ0n) is 11.9. The quantitative estimate of drug-likeness (QED) is 0.570. The first-order chi connectivity index (χ1) is 9.69. The highest BCUT2D eigenvalue weighted by molar-refractivity contribution is 7.09. The number of Topliss-reactive ketones (excluding diaryl/α,β-unsaturated/α-hetero) is 1. The van der Waals surface area contributed by atoms with Crippen LogP contribution in [-0.4, -0.2) is 17.4 Å². The Balaban J connectivity index is 1.93. The van der Waals surface area contributed by atoms with E-state index >= 15 is 0 Å². The van der Waals surface area contributed by atoms with Gasteiger partial charge in [0, 0.05) is 16.6 Å². The van der Waals surface area contributed by atoms with E-state index in [1.807, 2.05) is 36.6 Å². The molecule has 1 heterocycles. The van der Waals surface area contributed by atoms with Gasteiger partial charge in [0.2, 0.25) is 0 Å². The fourth-order valence-electron chi connectivity index (χ4n) is 1.79. The molecule has 1 aromatic heterocycles. The zero-order valence-corrected chi connectivity index (χ0v) is 12.7. The van der Waals surface area contributed by atoms with Crippen LogP contribution in [0.1, 0.15) is 40.8 Å². The predicted molar refractivity (Wildman–Crippen MR) is 81.7 cm³/mol. The summed E-state index contributed by atoms with van der Waals surface area (Å²) in [4.78, 5) is 16.4. The molecule has 2 rings (SSSR count). The molecule has 0 saturated heterocycles. The lowest BCUT2D eigenvalue weighted by atomic mass is 10.1. The van der Waals surface area contributed by atoms with Crippen LogP contribution in [0.4, 0.5) is 0 Å². The number of nitrogens with zero attached hydrogens (tertiary/aromatic N) is 1. The van der Waals surface area contributed by atoms with Crippen molar-refractivity contribution in [3.05, 3.63) is 45.9 Å². The molecule has 0 saturated carbocycles. The molecule has 0 N–H and O–H groups in total. The summed E-state index contributed by atoms with van der Waals surface area (Å²) < 4.78 is 5.58. The van der Waals surface area contributed by atoms with Crippen molar-refractivity contribution in [2.45, 2.75) is 33.1 Å². The normalized spacial score (nSPS) is 10.5. The highest BCUT2D eigenvalue weighted by Gasteiger charge is 2.09. The Kier molecular flexibility index (Phi) is 5.30. The first-order valence-corrected chi connectivity index (χ1v) is 7.74. The molecular weight excluding hydrogens is 270 g/mol. The van der Waals surface area contributed by atoms with E-state index in [-0.39, 0.29) is 5.78 Å². The maximum Gasteiger partial charge on any atom is 0.169 e. The summed E-state index contributed by atoms with van der Waals surface area (Å²) in [5.74, 6) is 0.916. The van der Waals surface area contributed by atoms with Gasteiger partial charge < -0.3 is 4.74 Å². The van der Waals surface area contributed by atoms with Crippen molar-refractivity contribution in [3.8, 4) is 5.75 Å². The van der Waals surface area contributed by atoms with Crippen LogP contribution in [0.25, 0.3) is 0 Å². The van der Waals surface area contributed by atoms with Crippen LogP contribution in [0.5, 0.6) is 5.75 Å². The summed E-state index contributed by atoms with van der Waals surface area (Å²) in [5.41, 5.74) is 1.68. The van der Waals surface area contributed by atoms with Gasteiger partial charge in [0.1, 0.15) is 10.8 Å². The summed E-state index contributed by atoms with van der Waals surface area (Å²) >= 11 is 1.53. The second kappa shape index (κ2) is 7.20. The number of unbranched alkanes of at least 4 members (excludes halogenated alkanes) is 1. The van der Waals surface area contributed by atoms with Crippen molar-refractivity contribution < 1.29 is 9.53 Å². The Labute approximate surface area is 123 Å². The van der Waals surface area contributed by atoms with Crippen LogP contribution in [-0.2, 0) is 6.42 Å². The Morgan fingerprint density at radius 3 is 2.65 bits per heavy atom.